The number of nitrogens with zero attached hydrogens (tertiary/aromatic N) is 3. The molecule has 1 aliphatic rings. The van der Waals surface area contributed by atoms with Crippen molar-refractivity contribution < 1.29 is 4.74 Å². The van der Waals surface area contributed by atoms with Crippen molar-refractivity contribution in [2.45, 2.75) is 32.5 Å². The molecule has 2 aromatic carbocycles. The Morgan fingerprint density at radius 2 is 1.74 bits per heavy atom. The molecule has 0 unspecified atom stereocenters. The Hall–Kier alpha value is -2.59. The van der Waals surface area contributed by atoms with Crippen LogP contribution in [0.5, 0.6) is 5.75 Å². The van der Waals surface area contributed by atoms with E-state index in [0.29, 0.717) is 12.1 Å². The third-order valence-corrected chi connectivity index (χ3v) is 5.55. The quantitative estimate of drug-likeness (QED) is 0.691. The molecule has 4 heteroatoms. The highest BCUT2D eigenvalue weighted by atomic mass is 16.5. The zero-order valence-electron chi connectivity index (χ0n) is 16.3. The SMILES string of the molecule is COc1cc2cccnc2cc1N1C[C@@H](C)N(Cc2ccccc2)[C@@H](C)C1. The Balaban J connectivity index is 1.59. The monoisotopic (exact) mass is 361 g/mol. The van der Waals surface area contributed by atoms with Crippen LogP contribution in [0.25, 0.3) is 10.9 Å². The second kappa shape index (κ2) is 7.57. The summed E-state index contributed by atoms with van der Waals surface area (Å²) in [5.41, 5.74) is 3.53. The van der Waals surface area contributed by atoms with Gasteiger partial charge in [-0.15, -0.1) is 0 Å². The number of piperazine rings is 1. The molecule has 1 aromatic heterocycles. The maximum absolute atomic E-state index is 5.72. The molecule has 1 aliphatic heterocycles. The standard InChI is InChI=1S/C23H27N3O/c1-17-14-25(15-18(2)26(17)16-19-8-5-4-6-9-19)22-13-21-20(10-7-11-24-21)12-23(22)27-3/h4-13,17-18H,14-16H2,1-3H3/t17-,18+. The van der Waals surface area contributed by atoms with Gasteiger partial charge in [-0.05, 0) is 37.6 Å². The lowest BCUT2D eigenvalue weighted by Gasteiger charge is -2.45. The highest BCUT2D eigenvalue weighted by Gasteiger charge is 2.30. The summed E-state index contributed by atoms with van der Waals surface area (Å²) >= 11 is 0. The summed E-state index contributed by atoms with van der Waals surface area (Å²) in [7, 11) is 1.75. The molecule has 0 N–H and O–H groups in total. The van der Waals surface area contributed by atoms with E-state index in [0.717, 1.165) is 42.0 Å². The zero-order chi connectivity index (χ0) is 18.8. The van der Waals surface area contributed by atoms with Crippen LogP contribution in [0.2, 0.25) is 0 Å². The van der Waals surface area contributed by atoms with Gasteiger partial charge in [0.2, 0.25) is 0 Å². The van der Waals surface area contributed by atoms with Crippen LogP contribution < -0.4 is 9.64 Å². The molecule has 0 radical (unpaired) electrons. The van der Waals surface area contributed by atoms with Gasteiger partial charge in [0.05, 0.1) is 18.3 Å². The van der Waals surface area contributed by atoms with Gasteiger partial charge in [0.15, 0.2) is 0 Å². The first-order valence-corrected chi connectivity index (χ1v) is 9.63. The van der Waals surface area contributed by atoms with Gasteiger partial charge in [0.1, 0.15) is 5.75 Å². The number of hydrogen-bond acceptors (Lipinski definition) is 4. The highest BCUT2D eigenvalue weighted by molar-refractivity contribution is 5.86. The fourth-order valence-electron chi connectivity index (χ4n) is 4.16. The summed E-state index contributed by atoms with van der Waals surface area (Å²) in [6.45, 7) is 7.58. The lowest BCUT2D eigenvalue weighted by molar-refractivity contribution is 0.123. The number of methoxy groups -OCH3 is 1. The van der Waals surface area contributed by atoms with E-state index >= 15 is 0 Å². The van der Waals surface area contributed by atoms with Gasteiger partial charge in [-0.2, -0.15) is 0 Å². The zero-order valence-corrected chi connectivity index (χ0v) is 16.3. The molecule has 140 valence electrons. The fourth-order valence-corrected chi connectivity index (χ4v) is 4.16. The summed E-state index contributed by atoms with van der Waals surface area (Å²) in [6.07, 6.45) is 1.85. The molecule has 4 rings (SSSR count). The minimum atomic E-state index is 0.457. The van der Waals surface area contributed by atoms with Crippen molar-refractivity contribution in [3.05, 3.63) is 66.4 Å². The van der Waals surface area contributed by atoms with Crippen LogP contribution in [0.15, 0.2) is 60.8 Å². The maximum atomic E-state index is 5.72. The smallest absolute Gasteiger partial charge is 0.142 e. The third-order valence-electron chi connectivity index (χ3n) is 5.55. The first-order valence-electron chi connectivity index (χ1n) is 9.63. The predicted octanol–water partition coefficient (Wildman–Crippen LogP) is 4.34. The number of aromatic nitrogens is 1. The number of anilines is 1. The number of fused-ring (bicyclic) bond motifs is 1. The number of hydrogen-bond donors (Lipinski definition) is 0. The molecule has 0 bridgehead atoms. The van der Waals surface area contributed by atoms with E-state index in [4.69, 9.17) is 4.74 Å². The summed E-state index contributed by atoms with van der Waals surface area (Å²) in [6, 6.07) is 20.0. The topological polar surface area (TPSA) is 28.6 Å². The second-order valence-corrected chi connectivity index (χ2v) is 7.48. The van der Waals surface area contributed by atoms with Gasteiger partial charge >= 0.3 is 0 Å². The lowest BCUT2D eigenvalue weighted by atomic mass is 10.0. The Bertz CT molecular complexity index is 900. The van der Waals surface area contributed by atoms with Crippen molar-refractivity contribution in [2.75, 3.05) is 25.1 Å². The predicted molar refractivity (Wildman–Crippen MR) is 111 cm³/mol. The molecule has 2 heterocycles. The molecule has 3 aromatic rings. The van der Waals surface area contributed by atoms with Crippen molar-refractivity contribution in [3.8, 4) is 5.75 Å². The molecular formula is C23H27N3O. The molecule has 0 saturated carbocycles. The van der Waals surface area contributed by atoms with E-state index in [1.54, 1.807) is 7.11 Å². The second-order valence-electron chi connectivity index (χ2n) is 7.48. The van der Waals surface area contributed by atoms with Crippen LogP contribution >= 0.6 is 0 Å². The number of benzene rings is 2. The molecule has 27 heavy (non-hydrogen) atoms. The van der Waals surface area contributed by atoms with Gasteiger partial charge in [-0.25, -0.2) is 0 Å². The van der Waals surface area contributed by atoms with Crippen LogP contribution in [0.1, 0.15) is 19.4 Å². The Kier molecular flexibility index (Phi) is 4.99. The van der Waals surface area contributed by atoms with E-state index in [-0.39, 0.29) is 0 Å². The minimum absolute atomic E-state index is 0.457. The summed E-state index contributed by atoms with van der Waals surface area (Å²) in [5.74, 6) is 0.923. The molecule has 4 nitrogen and oxygen atoms in total. The summed E-state index contributed by atoms with van der Waals surface area (Å²) in [4.78, 5) is 9.57. The van der Waals surface area contributed by atoms with E-state index in [9.17, 15) is 0 Å². The maximum Gasteiger partial charge on any atom is 0.142 e. The summed E-state index contributed by atoms with van der Waals surface area (Å²) in [5, 5.41) is 1.11. The average Bonchev–Trinajstić information content (AvgIpc) is 2.70. The Morgan fingerprint density at radius 3 is 2.44 bits per heavy atom. The van der Waals surface area contributed by atoms with E-state index in [1.165, 1.54) is 5.56 Å². The molecule has 0 spiro atoms. The van der Waals surface area contributed by atoms with Gasteiger partial charge in [0.25, 0.3) is 0 Å². The lowest BCUT2D eigenvalue weighted by Crippen LogP contribution is -2.56. The number of rotatable bonds is 4. The fraction of sp³-hybridized carbons (Fsp3) is 0.348. The van der Waals surface area contributed by atoms with Crippen molar-refractivity contribution in [2.24, 2.45) is 0 Å². The van der Waals surface area contributed by atoms with Crippen molar-refractivity contribution in [1.29, 1.82) is 0 Å². The van der Waals surface area contributed by atoms with Crippen LogP contribution in [0.3, 0.4) is 0 Å². The van der Waals surface area contributed by atoms with Crippen molar-refractivity contribution in [1.82, 2.24) is 9.88 Å². The summed E-state index contributed by atoms with van der Waals surface area (Å²) < 4.78 is 5.72. The molecule has 0 aliphatic carbocycles. The van der Waals surface area contributed by atoms with Gasteiger partial charge in [0, 0.05) is 43.3 Å². The third kappa shape index (κ3) is 3.62. The van der Waals surface area contributed by atoms with Crippen LogP contribution in [-0.4, -0.2) is 42.2 Å². The van der Waals surface area contributed by atoms with Gasteiger partial charge in [-0.1, -0.05) is 36.4 Å². The molecule has 1 fully saturated rings. The van der Waals surface area contributed by atoms with Crippen molar-refractivity contribution in [3.63, 3.8) is 0 Å². The van der Waals surface area contributed by atoms with Crippen LogP contribution in [0, 0.1) is 0 Å². The van der Waals surface area contributed by atoms with E-state index < -0.39 is 0 Å². The Morgan fingerprint density at radius 1 is 1.00 bits per heavy atom. The van der Waals surface area contributed by atoms with Crippen LogP contribution in [0.4, 0.5) is 5.69 Å². The molecule has 2 atom stereocenters. The van der Waals surface area contributed by atoms with Crippen molar-refractivity contribution >= 4 is 16.6 Å². The first-order chi connectivity index (χ1) is 13.2. The molecule has 0 amide bonds. The largest absolute Gasteiger partial charge is 0.495 e. The Labute approximate surface area is 161 Å². The number of pyridine rings is 1. The molecular weight excluding hydrogens is 334 g/mol. The number of ether oxygens (including phenoxy) is 1. The van der Waals surface area contributed by atoms with E-state index in [2.05, 4.69) is 77.2 Å². The first kappa shape index (κ1) is 17.8. The minimum Gasteiger partial charge on any atom is -0.495 e. The van der Waals surface area contributed by atoms with Gasteiger partial charge in [-0.3, -0.25) is 9.88 Å². The van der Waals surface area contributed by atoms with E-state index in [1.807, 2.05) is 12.3 Å². The normalized spacial score (nSPS) is 20.8. The highest BCUT2D eigenvalue weighted by Crippen LogP contribution is 2.34. The van der Waals surface area contributed by atoms with Crippen LogP contribution in [-0.2, 0) is 6.54 Å². The molecule has 1 saturated heterocycles. The average molecular weight is 361 g/mol. The van der Waals surface area contributed by atoms with Gasteiger partial charge < -0.3 is 9.64 Å².